The Morgan fingerprint density at radius 1 is 1.73 bits per heavy atom. The highest BCUT2D eigenvalue weighted by atomic mass is 32.2. The molecule has 0 aliphatic carbocycles. The van der Waals surface area contributed by atoms with Gasteiger partial charge in [-0.25, -0.2) is 4.99 Å². The van der Waals surface area contributed by atoms with Gasteiger partial charge in [-0.1, -0.05) is 0 Å². The fraction of sp³-hybridized carbons (Fsp3) is 0.333. The zero-order valence-electron chi connectivity index (χ0n) is 5.69. The van der Waals surface area contributed by atoms with Crippen LogP contribution in [0.25, 0.3) is 0 Å². The average Bonchev–Trinajstić information content (AvgIpc) is 2.04. The Kier molecular flexibility index (Phi) is 1.67. The molecular weight excluding hydrogens is 162 g/mol. The first kappa shape index (κ1) is 6.87. The van der Waals surface area contributed by atoms with Gasteiger partial charge in [0, 0.05) is 18.1 Å². The maximum atomic E-state index is 9.09. The molecule has 0 amide bonds. The van der Waals surface area contributed by atoms with Crippen LogP contribution in [0.15, 0.2) is 22.3 Å². The summed E-state index contributed by atoms with van der Waals surface area (Å²) in [6.07, 6.45) is 2.93. The highest BCUT2D eigenvalue weighted by molar-refractivity contribution is 8.14. The van der Waals surface area contributed by atoms with Crippen molar-refractivity contribution in [2.24, 2.45) is 9.98 Å². The Morgan fingerprint density at radius 3 is 3.55 bits per heavy atom. The highest BCUT2D eigenvalue weighted by Crippen LogP contribution is 2.12. The molecule has 5 heteroatoms. The SMILES string of the molecule is OC1CN=C2SNC=CC2=N1. The van der Waals surface area contributed by atoms with Crippen molar-refractivity contribution in [3.63, 3.8) is 0 Å². The molecule has 0 aromatic heterocycles. The summed E-state index contributed by atoms with van der Waals surface area (Å²) in [5, 5.41) is 9.95. The van der Waals surface area contributed by atoms with Gasteiger partial charge in [-0.3, -0.25) is 4.99 Å². The summed E-state index contributed by atoms with van der Waals surface area (Å²) in [6, 6.07) is 0. The molecule has 2 aliphatic rings. The molecule has 0 saturated heterocycles. The molecule has 0 bridgehead atoms. The molecular formula is C6H7N3OS. The highest BCUT2D eigenvalue weighted by Gasteiger charge is 2.17. The first-order valence-corrected chi connectivity index (χ1v) is 4.07. The molecule has 4 nitrogen and oxygen atoms in total. The molecule has 2 N–H and O–H groups in total. The van der Waals surface area contributed by atoms with Crippen molar-refractivity contribution in [3.05, 3.63) is 12.3 Å². The van der Waals surface area contributed by atoms with E-state index in [2.05, 4.69) is 14.7 Å². The van der Waals surface area contributed by atoms with Gasteiger partial charge in [0.15, 0.2) is 6.23 Å². The number of hydrogen-bond acceptors (Lipinski definition) is 5. The maximum absolute atomic E-state index is 9.09. The minimum Gasteiger partial charge on any atom is -0.370 e. The third kappa shape index (κ3) is 1.29. The zero-order chi connectivity index (χ0) is 7.68. The van der Waals surface area contributed by atoms with E-state index >= 15 is 0 Å². The Bertz CT molecular complexity index is 259. The number of rotatable bonds is 0. The number of allylic oxidation sites excluding steroid dienone is 1. The van der Waals surface area contributed by atoms with Crippen molar-refractivity contribution in [1.29, 1.82) is 0 Å². The molecule has 0 spiro atoms. The van der Waals surface area contributed by atoms with Gasteiger partial charge in [-0.2, -0.15) is 0 Å². The largest absolute Gasteiger partial charge is 0.370 e. The quantitative estimate of drug-likeness (QED) is 0.499. The predicted octanol–water partition coefficient (Wildman–Crippen LogP) is -0.0770. The van der Waals surface area contributed by atoms with Crippen LogP contribution in [0.3, 0.4) is 0 Å². The van der Waals surface area contributed by atoms with E-state index in [9.17, 15) is 0 Å². The Hall–Kier alpha value is -0.810. The van der Waals surface area contributed by atoms with Crippen LogP contribution in [-0.2, 0) is 0 Å². The van der Waals surface area contributed by atoms with Crippen LogP contribution in [0.5, 0.6) is 0 Å². The van der Waals surface area contributed by atoms with Crippen molar-refractivity contribution < 1.29 is 5.11 Å². The van der Waals surface area contributed by atoms with Gasteiger partial charge in [-0.15, -0.1) is 0 Å². The van der Waals surface area contributed by atoms with Crippen molar-refractivity contribution in [3.8, 4) is 0 Å². The van der Waals surface area contributed by atoms with Crippen molar-refractivity contribution in [2.45, 2.75) is 6.23 Å². The summed E-state index contributed by atoms with van der Waals surface area (Å²) in [7, 11) is 0. The summed E-state index contributed by atoms with van der Waals surface area (Å²) in [4.78, 5) is 8.12. The number of fused-ring (bicyclic) bond motifs is 1. The fourth-order valence-corrected chi connectivity index (χ4v) is 1.52. The minimum absolute atomic E-state index is 0.376. The molecule has 0 saturated carbocycles. The molecule has 0 radical (unpaired) electrons. The van der Waals surface area contributed by atoms with Crippen LogP contribution in [0.1, 0.15) is 0 Å². The molecule has 2 aliphatic heterocycles. The fourth-order valence-electron chi connectivity index (χ4n) is 0.904. The summed E-state index contributed by atoms with van der Waals surface area (Å²) < 4.78 is 2.94. The predicted molar refractivity (Wildman–Crippen MR) is 45.6 cm³/mol. The third-order valence-corrected chi connectivity index (χ3v) is 2.16. The lowest BCUT2D eigenvalue weighted by Crippen LogP contribution is -2.26. The lowest BCUT2D eigenvalue weighted by Gasteiger charge is -2.16. The molecule has 0 fully saturated rings. The Balaban J connectivity index is 2.31. The number of nitrogens with zero attached hydrogens (tertiary/aromatic N) is 2. The van der Waals surface area contributed by atoms with Crippen molar-refractivity contribution in [2.75, 3.05) is 6.54 Å². The maximum Gasteiger partial charge on any atom is 0.165 e. The molecule has 11 heavy (non-hydrogen) atoms. The second kappa shape index (κ2) is 2.67. The van der Waals surface area contributed by atoms with E-state index in [0.717, 1.165) is 10.8 Å². The van der Waals surface area contributed by atoms with E-state index in [4.69, 9.17) is 5.11 Å². The number of hydrogen-bond donors (Lipinski definition) is 2. The standard InChI is InChI=1S/C6H7N3OS/c10-5-3-7-6-4(9-5)1-2-8-11-6/h1-2,5,8,10H,3H2. The lowest BCUT2D eigenvalue weighted by molar-refractivity contribution is 0.193. The van der Waals surface area contributed by atoms with E-state index in [0.29, 0.717) is 6.54 Å². The van der Waals surface area contributed by atoms with Crippen LogP contribution in [0, 0.1) is 0 Å². The van der Waals surface area contributed by atoms with Gasteiger partial charge in [0.2, 0.25) is 0 Å². The average molecular weight is 169 g/mol. The first-order valence-electron chi connectivity index (χ1n) is 3.26. The monoisotopic (exact) mass is 169 g/mol. The van der Waals surface area contributed by atoms with E-state index in [1.54, 1.807) is 12.3 Å². The minimum atomic E-state index is -0.655. The number of aliphatic hydroxyl groups is 1. The van der Waals surface area contributed by atoms with Gasteiger partial charge in [0.25, 0.3) is 0 Å². The molecule has 1 atom stereocenters. The molecule has 2 rings (SSSR count). The summed E-state index contributed by atoms with van der Waals surface area (Å²) in [5.41, 5.74) is 0.771. The van der Waals surface area contributed by atoms with E-state index in [-0.39, 0.29) is 0 Å². The molecule has 1 unspecified atom stereocenters. The van der Waals surface area contributed by atoms with E-state index < -0.39 is 6.23 Å². The number of aliphatic imine (C=N–C) groups is 2. The molecule has 58 valence electrons. The summed E-state index contributed by atoms with van der Waals surface area (Å²) in [6.45, 7) is 0.376. The molecule has 0 aromatic rings. The zero-order valence-corrected chi connectivity index (χ0v) is 6.51. The second-order valence-corrected chi connectivity index (χ2v) is 3.02. The van der Waals surface area contributed by atoms with Gasteiger partial charge in [0.05, 0.1) is 12.3 Å². The lowest BCUT2D eigenvalue weighted by atomic mass is 10.3. The molecule has 0 aromatic carbocycles. The Labute approximate surface area is 68.3 Å². The van der Waals surface area contributed by atoms with E-state index in [1.165, 1.54) is 11.9 Å². The normalized spacial score (nSPS) is 28.3. The van der Waals surface area contributed by atoms with Crippen LogP contribution >= 0.6 is 11.9 Å². The second-order valence-electron chi connectivity index (χ2n) is 2.19. The summed E-state index contributed by atoms with van der Waals surface area (Å²) >= 11 is 1.42. The third-order valence-electron chi connectivity index (χ3n) is 1.37. The molecule has 2 heterocycles. The van der Waals surface area contributed by atoms with Crippen molar-refractivity contribution in [1.82, 2.24) is 4.72 Å². The smallest absolute Gasteiger partial charge is 0.165 e. The topological polar surface area (TPSA) is 57.0 Å². The van der Waals surface area contributed by atoms with Gasteiger partial charge < -0.3 is 9.83 Å². The van der Waals surface area contributed by atoms with Gasteiger partial charge in [0.1, 0.15) is 5.04 Å². The number of aliphatic hydroxyl groups excluding tert-OH is 1. The first-order chi connectivity index (χ1) is 5.36. The van der Waals surface area contributed by atoms with Crippen LogP contribution in [-0.4, -0.2) is 28.6 Å². The Morgan fingerprint density at radius 2 is 2.64 bits per heavy atom. The van der Waals surface area contributed by atoms with E-state index in [1.807, 2.05) is 0 Å². The van der Waals surface area contributed by atoms with Crippen LogP contribution in [0.2, 0.25) is 0 Å². The van der Waals surface area contributed by atoms with Crippen LogP contribution < -0.4 is 4.72 Å². The summed E-state index contributed by atoms with van der Waals surface area (Å²) in [5.74, 6) is 0. The van der Waals surface area contributed by atoms with Gasteiger partial charge in [-0.05, 0) is 6.08 Å². The van der Waals surface area contributed by atoms with Gasteiger partial charge >= 0.3 is 0 Å². The van der Waals surface area contributed by atoms with Crippen molar-refractivity contribution >= 4 is 22.7 Å². The number of nitrogens with one attached hydrogen (secondary N) is 1. The van der Waals surface area contributed by atoms with Crippen LogP contribution in [0.4, 0.5) is 0 Å².